The van der Waals surface area contributed by atoms with E-state index in [4.69, 9.17) is 0 Å². The van der Waals surface area contributed by atoms with Crippen molar-refractivity contribution >= 4 is 34.7 Å². The topological polar surface area (TPSA) is 81.8 Å². The van der Waals surface area contributed by atoms with Crippen LogP contribution in [0.25, 0.3) is 10.8 Å². The fraction of sp³-hybridized carbons (Fsp3) is 0.458. The summed E-state index contributed by atoms with van der Waals surface area (Å²) in [5.41, 5.74) is 0.795. The SMILES string of the molecule is CC(C)[C@@H](CN1CCC[C@H]1C(=O)Nc1ccc2ccccc2c1)N(C)C(=O)CNC=O. The Morgan fingerprint density at radius 3 is 2.65 bits per heavy atom. The molecule has 2 atom stereocenters. The lowest BCUT2D eigenvalue weighted by molar-refractivity contribution is -0.133. The number of amides is 3. The van der Waals surface area contributed by atoms with E-state index in [1.807, 2.05) is 42.5 Å². The fourth-order valence-electron chi connectivity index (χ4n) is 4.29. The molecule has 0 radical (unpaired) electrons. The summed E-state index contributed by atoms with van der Waals surface area (Å²) in [7, 11) is 1.76. The van der Waals surface area contributed by atoms with Crippen LogP contribution in [0.1, 0.15) is 26.7 Å². The van der Waals surface area contributed by atoms with Gasteiger partial charge in [0.05, 0.1) is 12.6 Å². The molecule has 0 saturated carbocycles. The third-order valence-corrected chi connectivity index (χ3v) is 6.10. The summed E-state index contributed by atoms with van der Waals surface area (Å²) >= 11 is 0. The van der Waals surface area contributed by atoms with E-state index in [9.17, 15) is 14.4 Å². The minimum Gasteiger partial charge on any atom is -0.350 e. The predicted octanol–water partition coefficient (Wildman–Crippen LogP) is 2.47. The summed E-state index contributed by atoms with van der Waals surface area (Å²) in [6, 6.07) is 13.7. The molecule has 7 heteroatoms. The maximum absolute atomic E-state index is 13.1. The van der Waals surface area contributed by atoms with Gasteiger partial charge in [-0.15, -0.1) is 0 Å². The van der Waals surface area contributed by atoms with Crippen molar-refractivity contribution in [2.45, 2.75) is 38.8 Å². The first-order valence-electron chi connectivity index (χ1n) is 10.9. The number of hydrogen-bond donors (Lipinski definition) is 2. The highest BCUT2D eigenvalue weighted by molar-refractivity contribution is 5.97. The Morgan fingerprint density at radius 1 is 1.19 bits per heavy atom. The van der Waals surface area contributed by atoms with E-state index < -0.39 is 0 Å². The monoisotopic (exact) mass is 424 g/mol. The molecule has 1 saturated heterocycles. The second-order valence-corrected chi connectivity index (χ2v) is 8.52. The smallest absolute Gasteiger partial charge is 0.241 e. The first-order chi connectivity index (χ1) is 14.9. The summed E-state index contributed by atoms with van der Waals surface area (Å²) in [5.74, 6) is 0.0732. The molecule has 0 bridgehead atoms. The van der Waals surface area contributed by atoms with Crippen molar-refractivity contribution in [1.29, 1.82) is 0 Å². The summed E-state index contributed by atoms with van der Waals surface area (Å²) in [5, 5.41) is 7.74. The molecule has 1 aliphatic rings. The maximum atomic E-state index is 13.1. The van der Waals surface area contributed by atoms with Crippen molar-refractivity contribution in [2.75, 3.05) is 32.0 Å². The zero-order valence-electron chi connectivity index (χ0n) is 18.5. The molecule has 31 heavy (non-hydrogen) atoms. The number of anilines is 1. The number of carbonyl (C=O) groups excluding carboxylic acids is 3. The quantitative estimate of drug-likeness (QED) is 0.606. The Balaban J connectivity index is 1.67. The Hall–Kier alpha value is -2.93. The largest absolute Gasteiger partial charge is 0.350 e. The lowest BCUT2D eigenvalue weighted by atomic mass is 10.0. The fourth-order valence-corrected chi connectivity index (χ4v) is 4.29. The molecule has 0 aromatic heterocycles. The number of nitrogens with zero attached hydrogens (tertiary/aromatic N) is 2. The van der Waals surface area contributed by atoms with Gasteiger partial charge in [-0.2, -0.15) is 0 Å². The van der Waals surface area contributed by atoms with E-state index in [0.717, 1.165) is 35.8 Å². The van der Waals surface area contributed by atoms with Crippen LogP contribution in [0.15, 0.2) is 42.5 Å². The van der Waals surface area contributed by atoms with Gasteiger partial charge in [0.15, 0.2) is 0 Å². The van der Waals surface area contributed by atoms with Gasteiger partial charge in [0.25, 0.3) is 0 Å². The van der Waals surface area contributed by atoms with Crippen molar-refractivity contribution in [2.24, 2.45) is 5.92 Å². The number of nitrogens with one attached hydrogen (secondary N) is 2. The average molecular weight is 425 g/mol. The molecule has 2 aromatic carbocycles. The maximum Gasteiger partial charge on any atom is 0.241 e. The molecule has 0 unspecified atom stereocenters. The summed E-state index contributed by atoms with van der Waals surface area (Å²) in [6.45, 7) is 5.57. The Morgan fingerprint density at radius 2 is 1.94 bits per heavy atom. The minimum atomic E-state index is -0.218. The van der Waals surface area contributed by atoms with E-state index in [2.05, 4.69) is 29.4 Å². The second-order valence-electron chi connectivity index (χ2n) is 8.52. The summed E-state index contributed by atoms with van der Waals surface area (Å²) < 4.78 is 0. The molecule has 2 N–H and O–H groups in total. The molecule has 166 valence electrons. The van der Waals surface area contributed by atoms with Gasteiger partial charge in [0.1, 0.15) is 0 Å². The minimum absolute atomic E-state index is 0.00751. The van der Waals surface area contributed by atoms with Crippen LogP contribution in [-0.2, 0) is 14.4 Å². The van der Waals surface area contributed by atoms with Crippen LogP contribution in [0.4, 0.5) is 5.69 Å². The molecular formula is C24H32N4O3. The van der Waals surface area contributed by atoms with Crippen LogP contribution in [0.3, 0.4) is 0 Å². The molecule has 7 nitrogen and oxygen atoms in total. The van der Waals surface area contributed by atoms with E-state index in [0.29, 0.717) is 13.0 Å². The number of likely N-dealkylation sites (N-methyl/N-ethyl adjacent to an activating group) is 1. The van der Waals surface area contributed by atoms with Crippen molar-refractivity contribution < 1.29 is 14.4 Å². The van der Waals surface area contributed by atoms with Gasteiger partial charge in [0, 0.05) is 25.3 Å². The molecule has 3 amide bonds. The lowest BCUT2D eigenvalue weighted by Crippen LogP contribution is -2.52. The van der Waals surface area contributed by atoms with Gasteiger partial charge >= 0.3 is 0 Å². The zero-order chi connectivity index (χ0) is 22.4. The van der Waals surface area contributed by atoms with Crippen LogP contribution in [0.5, 0.6) is 0 Å². The molecule has 1 fully saturated rings. The Labute approximate surface area is 183 Å². The van der Waals surface area contributed by atoms with Crippen molar-refractivity contribution in [3.8, 4) is 0 Å². The number of benzene rings is 2. The molecule has 3 rings (SSSR count). The Kier molecular flexibility index (Phi) is 7.63. The average Bonchev–Trinajstić information content (AvgIpc) is 3.23. The van der Waals surface area contributed by atoms with Gasteiger partial charge in [-0.3, -0.25) is 19.3 Å². The van der Waals surface area contributed by atoms with E-state index in [1.54, 1.807) is 11.9 Å². The standard InChI is InChI=1S/C24H32N4O3/c1-17(2)22(27(3)23(30)14-25-16-29)15-28-12-6-9-21(28)24(31)26-20-11-10-18-7-4-5-8-19(18)13-20/h4-5,7-8,10-11,13,16-17,21-22H,6,9,12,14-15H2,1-3H3,(H,25,29)(H,26,31)/t21-,22+/m0/s1. The van der Waals surface area contributed by atoms with Crippen LogP contribution in [0.2, 0.25) is 0 Å². The molecule has 2 aromatic rings. The third-order valence-electron chi connectivity index (χ3n) is 6.10. The first kappa shape index (κ1) is 22.7. The van der Waals surface area contributed by atoms with Gasteiger partial charge in [-0.25, -0.2) is 0 Å². The van der Waals surface area contributed by atoms with Gasteiger partial charge in [-0.1, -0.05) is 44.2 Å². The molecular weight excluding hydrogens is 392 g/mol. The van der Waals surface area contributed by atoms with E-state index >= 15 is 0 Å². The number of hydrogen-bond acceptors (Lipinski definition) is 4. The summed E-state index contributed by atoms with van der Waals surface area (Å²) in [6.07, 6.45) is 2.28. The van der Waals surface area contributed by atoms with Crippen molar-refractivity contribution in [3.63, 3.8) is 0 Å². The molecule has 1 heterocycles. The lowest BCUT2D eigenvalue weighted by Gasteiger charge is -2.36. The highest BCUT2D eigenvalue weighted by Gasteiger charge is 2.34. The van der Waals surface area contributed by atoms with Crippen LogP contribution in [-0.4, -0.2) is 66.8 Å². The Bertz CT molecular complexity index is 930. The van der Waals surface area contributed by atoms with E-state index in [-0.39, 0.29) is 36.4 Å². The van der Waals surface area contributed by atoms with Crippen LogP contribution >= 0.6 is 0 Å². The predicted molar refractivity (Wildman–Crippen MR) is 123 cm³/mol. The van der Waals surface area contributed by atoms with Gasteiger partial charge in [0.2, 0.25) is 18.2 Å². The highest BCUT2D eigenvalue weighted by Crippen LogP contribution is 2.24. The number of likely N-dealkylation sites (tertiary alicyclic amines) is 1. The van der Waals surface area contributed by atoms with Crippen LogP contribution in [0, 0.1) is 5.92 Å². The highest BCUT2D eigenvalue weighted by atomic mass is 16.2. The molecule has 0 aliphatic carbocycles. The first-order valence-corrected chi connectivity index (χ1v) is 10.9. The summed E-state index contributed by atoms with van der Waals surface area (Å²) in [4.78, 5) is 39.9. The number of fused-ring (bicyclic) bond motifs is 1. The van der Waals surface area contributed by atoms with Crippen molar-refractivity contribution in [3.05, 3.63) is 42.5 Å². The second kappa shape index (κ2) is 10.4. The normalized spacial score (nSPS) is 17.5. The molecule has 1 aliphatic heterocycles. The van der Waals surface area contributed by atoms with Gasteiger partial charge < -0.3 is 15.5 Å². The number of rotatable bonds is 9. The van der Waals surface area contributed by atoms with Crippen LogP contribution < -0.4 is 10.6 Å². The number of carbonyl (C=O) groups is 3. The zero-order valence-corrected chi connectivity index (χ0v) is 18.5. The van der Waals surface area contributed by atoms with Crippen molar-refractivity contribution in [1.82, 2.24) is 15.1 Å². The molecule has 0 spiro atoms. The third kappa shape index (κ3) is 5.61. The van der Waals surface area contributed by atoms with E-state index in [1.165, 1.54) is 0 Å². The van der Waals surface area contributed by atoms with Gasteiger partial charge in [-0.05, 0) is 48.2 Å².